The maximum Gasteiger partial charge on any atom is 0.316 e. The van der Waals surface area contributed by atoms with Crippen molar-refractivity contribution >= 4 is 58.1 Å². The van der Waals surface area contributed by atoms with Crippen molar-refractivity contribution in [1.29, 1.82) is 0 Å². The van der Waals surface area contributed by atoms with Gasteiger partial charge in [-0.1, -0.05) is 63.1 Å². The Labute approximate surface area is 263 Å². The molecule has 0 radical (unpaired) electrons. The van der Waals surface area contributed by atoms with Crippen LogP contribution in [0, 0.1) is 5.92 Å². The van der Waals surface area contributed by atoms with Crippen molar-refractivity contribution in [3.05, 3.63) is 35.4 Å². The summed E-state index contributed by atoms with van der Waals surface area (Å²) < 4.78 is 19.5. The molecule has 0 bridgehead atoms. The molecule has 1 aromatic rings. The number of carbonyl (C=O) groups excluding carboxylic acids is 4. The minimum Gasteiger partial charge on any atom is -0.452 e. The third-order valence-electron chi connectivity index (χ3n) is 6.06. The van der Waals surface area contributed by atoms with Crippen LogP contribution < -0.4 is 0 Å². The van der Waals surface area contributed by atoms with Crippen LogP contribution in [-0.2, 0) is 44.5 Å². The first kappa shape index (κ1) is 39.1. The number of halogens is 2. The molecule has 0 aliphatic heterocycles. The monoisotopic (exact) mass is 712 g/mol. The van der Waals surface area contributed by atoms with Gasteiger partial charge >= 0.3 is 23.9 Å². The van der Waals surface area contributed by atoms with E-state index in [2.05, 4.69) is 27.3 Å². The number of aliphatic hydroxyl groups excluding tert-OH is 1. The van der Waals surface area contributed by atoms with E-state index in [1.807, 2.05) is 38.1 Å². The molecule has 0 amide bonds. The van der Waals surface area contributed by atoms with Crippen LogP contribution in [0.25, 0.3) is 0 Å². The van der Waals surface area contributed by atoms with Crippen LogP contribution in [-0.4, -0.2) is 51.1 Å². The summed E-state index contributed by atoms with van der Waals surface area (Å²) in [6.45, 7) is 11.4. The topological polar surface area (TPSA) is 125 Å². The predicted octanol–water partition coefficient (Wildman–Crippen LogP) is 6.58. The second-order valence-corrected chi connectivity index (χ2v) is 11.5. The van der Waals surface area contributed by atoms with E-state index in [0.717, 1.165) is 37.7 Å². The van der Waals surface area contributed by atoms with Crippen LogP contribution in [0.1, 0.15) is 104 Å². The molecular weight excluding hydrogens is 667 g/mol. The SMILES string of the molecule is CCC(Cl)OC(C)=O.CCC(I)OC(C)=O.CCC(OC(C)=O)OC(=O)[C@@H](C)c1ccc(C[C@H]2CCC[C@@H]2O)cc1. The fraction of sp³-hybridized carbons (Fsp3) is 0.667. The van der Waals surface area contributed by atoms with Gasteiger partial charge in [-0.05, 0) is 78.7 Å². The van der Waals surface area contributed by atoms with Gasteiger partial charge < -0.3 is 24.1 Å². The number of carbonyl (C=O) groups is 4. The van der Waals surface area contributed by atoms with Crippen molar-refractivity contribution in [2.75, 3.05) is 0 Å². The largest absolute Gasteiger partial charge is 0.452 e. The summed E-state index contributed by atoms with van der Waals surface area (Å²) >= 11 is 7.49. The Morgan fingerprint density at radius 2 is 1.44 bits per heavy atom. The Bertz CT molecular complexity index is 903. The lowest BCUT2D eigenvalue weighted by Crippen LogP contribution is -2.25. The highest BCUT2D eigenvalue weighted by molar-refractivity contribution is 14.1. The summed E-state index contributed by atoms with van der Waals surface area (Å²) in [5.74, 6) is -1.51. The third-order valence-corrected chi connectivity index (χ3v) is 7.59. The van der Waals surface area contributed by atoms with E-state index in [4.69, 9.17) is 25.8 Å². The minimum atomic E-state index is -0.837. The van der Waals surface area contributed by atoms with Crippen LogP contribution in [0.3, 0.4) is 0 Å². The van der Waals surface area contributed by atoms with Crippen LogP contribution >= 0.6 is 34.2 Å². The van der Waals surface area contributed by atoms with E-state index >= 15 is 0 Å². The van der Waals surface area contributed by atoms with E-state index in [1.165, 1.54) is 26.3 Å². The zero-order chi connectivity index (χ0) is 31.5. The predicted molar refractivity (Wildman–Crippen MR) is 165 cm³/mol. The molecule has 2 rings (SSSR count). The molecule has 41 heavy (non-hydrogen) atoms. The summed E-state index contributed by atoms with van der Waals surface area (Å²) in [5, 5.41) is 9.94. The molecule has 9 nitrogen and oxygen atoms in total. The molecule has 0 heterocycles. The highest BCUT2D eigenvalue weighted by Gasteiger charge is 2.26. The second kappa shape index (κ2) is 21.7. The van der Waals surface area contributed by atoms with Gasteiger partial charge in [-0.25, -0.2) is 0 Å². The number of aliphatic hydroxyl groups is 1. The number of ether oxygens (including phenoxy) is 4. The fourth-order valence-electron chi connectivity index (χ4n) is 3.77. The van der Waals surface area contributed by atoms with E-state index in [0.29, 0.717) is 18.8 Å². The van der Waals surface area contributed by atoms with Crippen molar-refractivity contribution in [2.45, 2.75) is 121 Å². The van der Waals surface area contributed by atoms with Crippen molar-refractivity contribution in [1.82, 2.24) is 0 Å². The number of rotatable bonds is 11. The first-order valence-electron chi connectivity index (χ1n) is 14.0. The standard InChI is InChI=1S/C20H28O5.C5H9ClO2.C5H9IO2/c1-4-19(24-14(3)21)25-20(23)13(2)16-10-8-15(9-11-16)12-17-6-5-7-18(17)22;2*1-3-5(6)8-4(2)7/h8-11,13,17-19,22H,4-7,12H2,1-3H3;2*5H,3H2,1-2H3/t13-,17+,18-,19?;;/m0../s1. The second-order valence-electron chi connectivity index (χ2n) is 9.67. The molecule has 1 aromatic carbocycles. The molecular formula is C30H46ClIO9. The van der Waals surface area contributed by atoms with E-state index in [9.17, 15) is 24.3 Å². The molecule has 0 saturated heterocycles. The van der Waals surface area contributed by atoms with Crippen molar-refractivity contribution in [3.63, 3.8) is 0 Å². The van der Waals surface area contributed by atoms with Gasteiger partial charge in [-0.2, -0.15) is 0 Å². The average Bonchev–Trinajstić information content (AvgIpc) is 3.31. The van der Waals surface area contributed by atoms with Gasteiger partial charge in [-0.3, -0.25) is 19.2 Å². The molecule has 1 saturated carbocycles. The first-order chi connectivity index (χ1) is 19.2. The number of hydrogen-bond donors (Lipinski definition) is 1. The molecule has 3 unspecified atom stereocenters. The number of hydrogen-bond acceptors (Lipinski definition) is 9. The van der Waals surface area contributed by atoms with Gasteiger partial charge in [0.1, 0.15) is 0 Å². The smallest absolute Gasteiger partial charge is 0.316 e. The number of esters is 4. The van der Waals surface area contributed by atoms with Crippen LogP contribution in [0.4, 0.5) is 0 Å². The van der Waals surface area contributed by atoms with Crippen molar-refractivity contribution in [2.24, 2.45) is 5.92 Å². The molecule has 1 N–H and O–H groups in total. The maximum atomic E-state index is 12.3. The van der Waals surface area contributed by atoms with Crippen molar-refractivity contribution < 1.29 is 43.2 Å². The Hall–Kier alpha value is -1.92. The normalized spacial score (nSPS) is 18.6. The average molecular weight is 713 g/mol. The van der Waals surface area contributed by atoms with Gasteiger partial charge in [0.15, 0.2) is 9.67 Å². The fourth-order valence-corrected chi connectivity index (χ4v) is 4.25. The summed E-state index contributed by atoms with van der Waals surface area (Å²) in [5.41, 5.74) is 1.58. The maximum absolute atomic E-state index is 12.3. The van der Waals surface area contributed by atoms with Gasteiger partial charge in [0.25, 0.3) is 0 Å². The van der Waals surface area contributed by atoms with E-state index in [-0.39, 0.29) is 22.2 Å². The summed E-state index contributed by atoms with van der Waals surface area (Å²) in [4.78, 5) is 43.6. The van der Waals surface area contributed by atoms with Gasteiger partial charge in [-0.15, -0.1) is 0 Å². The molecule has 234 valence electrons. The van der Waals surface area contributed by atoms with Gasteiger partial charge in [0, 0.05) is 27.2 Å². The molecule has 1 aliphatic carbocycles. The number of benzene rings is 1. The lowest BCUT2D eigenvalue weighted by atomic mass is 9.93. The number of alkyl halides is 2. The zero-order valence-corrected chi connectivity index (χ0v) is 28.1. The summed E-state index contributed by atoms with van der Waals surface area (Å²) in [7, 11) is 0. The van der Waals surface area contributed by atoms with Crippen LogP contribution in [0.5, 0.6) is 0 Å². The first-order valence-corrected chi connectivity index (χ1v) is 15.7. The Morgan fingerprint density at radius 1 is 0.878 bits per heavy atom. The molecule has 0 spiro atoms. The van der Waals surface area contributed by atoms with E-state index < -0.39 is 29.7 Å². The van der Waals surface area contributed by atoms with Gasteiger partial charge in [0.2, 0.25) is 6.29 Å². The summed E-state index contributed by atoms with van der Waals surface area (Å²) in [6, 6.07) is 7.87. The lowest BCUT2D eigenvalue weighted by Gasteiger charge is -2.19. The highest BCUT2D eigenvalue weighted by atomic mass is 127. The minimum absolute atomic E-state index is 0.0464. The molecule has 0 aromatic heterocycles. The Kier molecular flexibility index (Phi) is 20.7. The Balaban J connectivity index is 0.000000820. The molecule has 1 fully saturated rings. The zero-order valence-electron chi connectivity index (χ0n) is 25.2. The highest BCUT2D eigenvalue weighted by Crippen LogP contribution is 2.29. The molecule has 6 atom stereocenters. The van der Waals surface area contributed by atoms with E-state index in [1.54, 1.807) is 13.8 Å². The quantitative estimate of drug-likeness (QED) is 0.0891. The lowest BCUT2D eigenvalue weighted by molar-refractivity contribution is -0.187. The summed E-state index contributed by atoms with van der Waals surface area (Å²) in [6.07, 6.45) is 4.84. The Morgan fingerprint density at radius 3 is 1.80 bits per heavy atom. The van der Waals surface area contributed by atoms with Crippen LogP contribution in [0.15, 0.2) is 24.3 Å². The van der Waals surface area contributed by atoms with Crippen molar-refractivity contribution in [3.8, 4) is 0 Å². The molecule has 11 heteroatoms. The van der Waals surface area contributed by atoms with Gasteiger partial charge in [0.05, 0.1) is 12.0 Å². The molecule has 1 aliphatic rings. The third kappa shape index (κ3) is 18.3. The van der Waals surface area contributed by atoms with Crippen LogP contribution in [0.2, 0.25) is 0 Å².